The van der Waals surface area contributed by atoms with E-state index in [0.29, 0.717) is 28.9 Å². The number of hydrogen-bond acceptors (Lipinski definition) is 9. The zero-order valence-corrected chi connectivity index (χ0v) is 32.5. The zero-order chi connectivity index (χ0) is 39.7. The van der Waals surface area contributed by atoms with Gasteiger partial charge in [-0.25, -0.2) is 4.79 Å². The van der Waals surface area contributed by atoms with E-state index in [0.717, 1.165) is 44.8 Å². The molecule has 12 heteroatoms. The van der Waals surface area contributed by atoms with Crippen LogP contribution in [0.4, 0.5) is 10.5 Å². The average molecular weight is 791 g/mol. The minimum atomic E-state index is -0.636. The lowest BCUT2D eigenvalue weighted by Crippen LogP contribution is -2.38. The number of carbonyl (C=O) groups is 1. The minimum absolute atomic E-state index is 0.00588. The van der Waals surface area contributed by atoms with Crippen molar-refractivity contribution < 1.29 is 24.1 Å². The van der Waals surface area contributed by atoms with E-state index in [-0.39, 0.29) is 30.8 Å². The fraction of sp³-hybridized carbons (Fsp3) is 0.174. The Hall–Kier alpha value is -6.31. The van der Waals surface area contributed by atoms with Crippen LogP contribution in [0.5, 0.6) is 11.5 Å². The van der Waals surface area contributed by atoms with Gasteiger partial charge >= 0.3 is 6.03 Å². The number of thioether (sulfide) groups is 1. The number of hydrogen-bond donors (Lipinski definition) is 3. The normalized spacial score (nSPS) is 17.7. The van der Waals surface area contributed by atoms with Gasteiger partial charge in [-0.1, -0.05) is 128 Å². The monoisotopic (exact) mass is 790 g/mol. The number of tetrazole rings is 1. The second-order valence-electron chi connectivity index (χ2n) is 13.9. The highest BCUT2D eigenvalue weighted by Gasteiger charge is 2.38. The van der Waals surface area contributed by atoms with Gasteiger partial charge in [0.25, 0.3) is 0 Å². The first kappa shape index (κ1) is 38.6. The predicted molar refractivity (Wildman–Crippen MR) is 224 cm³/mol. The van der Waals surface area contributed by atoms with Crippen LogP contribution in [0.3, 0.4) is 0 Å². The van der Waals surface area contributed by atoms with E-state index in [9.17, 15) is 9.90 Å². The van der Waals surface area contributed by atoms with E-state index >= 15 is 0 Å². The molecule has 1 fully saturated rings. The number of aliphatic hydroxyl groups is 1. The van der Waals surface area contributed by atoms with Crippen molar-refractivity contribution in [2.24, 2.45) is 5.92 Å². The van der Waals surface area contributed by atoms with Crippen molar-refractivity contribution in [3.05, 3.63) is 180 Å². The quantitative estimate of drug-likeness (QED) is 0.0978. The number of carbonyl (C=O) groups excluding carboxylic acids is 1. The van der Waals surface area contributed by atoms with Crippen LogP contribution in [-0.2, 0) is 22.6 Å². The van der Waals surface area contributed by atoms with E-state index < -0.39 is 6.29 Å². The number of ether oxygens (including phenoxy) is 3. The Bertz CT molecular complexity index is 2400. The maximum Gasteiger partial charge on any atom is 0.319 e. The SMILES string of the molecule is C[C@H]1[C@@H](CSc2nnnn2-c2ccccc2)O[C@@H](c2ccc(-c3ccccc3CNC(=O)Nc3ccc(Oc4ccccc4)cc3)cc2)O[C@H]1c1ccc(CO)cc1. The summed E-state index contributed by atoms with van der Waals surface area (Å²) in [5, 5.41) is 28.7. The molecule has 1 aliphatic heterocycles. The van der Waals surface area contributed by atoms with E-state index in [4.69, 9.17) is 14.2 Å². The minimum Gasteiger partial charge on any atom is -0.457 e. The Morgan fingerprint density at radius 2 is 1.45 bits per heavy atom. The number of urea groups is 1. The van der Waals surface area contributed by atoms with E-state index in [1.54, 1.807) is 28.6 Å². The number of aromatic nitrogens is 4. The van der Waals surface area contributed by atoms with Gasteiger partial charge in [-0.15, -0.1) is 5.10 Å². The molecule has 2 amide bonds. The Balaban J connectivity index is 0.944. The molecule has 0 unspecified atom stereocenters. The highest BCUT2D eigenvalue weighted by atomic mass is 32.2. The topological polar surface area (TPSA) is 133 Å². The lowest BCUT2D eigenvalue weighted by atomic mass is 9.91. The number of aliphatic hydroxyl groups excluding tert-OH is 1. The van der Waals surface area contributed by atoms with Crippen LogP contribution in [0, 0.1) is 5.92 Å². The zero-order valence-electron chi connectivity index (χ0n) is 31.7. The summed E-state index contributed by atoms with van der Waals surface area (Å²) < 4.78 is 21.0. The third kappa shape index (κ3) is 9.28. The second-order valence-corrected chi connectivity index (χ2v) is 14.9. The van der Waals surface area contributed by atoms with Crippen LogP contribution in [0.1, 0.15) is 41.6 Å². The molecule has 1 saturated heterocycles. The molecule has 1 aromatic heterocycles. The smallest absolute Gasteiger partial charge is 0.319 e. The van der Waals surface area contributed by atoms with Gasteiger partial charge in [0.15, 0.2) is 6.29 Å². The molecule has 3 N–H and O–H groups in total. The van der Waals surface area contributed by atoms with Crippen LogP contribution >= 0.6 is 11.8 Å². The van der Waals surface area contributed by atoms with Crippen LogP contribution in [-0.4, -0.2) is 43.2 Å². The van der Waals surface area contributed by atoms with Gasteiger partial charge in [-0.3, -0.25) is 0 Å². The summed E-state index contributed by atoms with van der Waals surface area (Å²) in [7, 11) is 0. The number of benzene rings is 6. The first-order valence-corrected chi connectivity index (χ1v) is 20.0. The first-order valence-electron chi connectivity index (χ1n) is 19.0. The molecule has 7 aromatic rings. The van der Waals surface area contributed by atoms with Crippen molar-refractivity contribution in [3.8, 4) is 28.3 Å². The molecular formula is C46H42N6O5S. The molecular weight excluding hydrogens is 749 g/mol. The van der Waals surface area contributed by atoms with Crippen molar-refractivity contribution in [1.82, 2.24) is 25.5 Å². The molecule has 0 spiro atoms. The second kappa shape index (κ2) is 18.3. The summed E-state index contributed by atoms with van der Waals surface area (Å²) in [5.41, 5.74) is 7.24. The molecule has 2 heterocycles. The van der Waals surface area contributed by atoms with E-state index in [1.165, 1.54) is 0 Å². The van der Waals surface area contributed by atoms with Crippen LogP contribution in [0.2, 0.25) is 0 Å². The van der Waals surface area contributed by atoms with Crippen LogP contribution in [0.25, 0.3) is 16.8 Å². The molecule has 4 atom stereocenters. The molecule has 292 valence electrons. The lowest BCUT2D eigenvalue weighted by molar-refractivity contribution is -0.268. The largest absolute Gasteiger partial charge is 0.457 e. The fourth-order valence-corrected chi connectivity index (χ4v) is 7.88. The van der Waals surface area contributed by atoms with Crippen molar-refractivity contribution >= 4 is 23.5 Å². The van der Waals surface area contributed by atoms with Gasteiger partial charge in [0.1, 0.15) is 11.5 Å². The fourth-order valence-electron chi connectivity index (χ4n) is 6.82. The van der Waals surface area contributed by atoms with Gasteiger partial charge in [-0.05, 0) is 86.8 Å². The average Bonchev–Trinajstić information content (AvgIpc) is 3.76. The Morgan fingerprint density at radius 1 is 0.776 bits per heavy atom. The van der Waals surface area contributed by atoms with Crippen LogP contribution in [0.15, 0.2) is 163 Å². The lowest BCUT2D eigenvalue weighted by Gasteiger charge is -2.41. The van der Waals surface area contributed by atoms with E-state index in [2.05, 4.69) is 45.2 Å². The molecule has 8 rings (SSSR count). The number of rotatable bonds is 13. The molecule has 58 heavy (non-hydrogen) atoms. The highest BCUT2D eigenvalue weighted by Crippen LogP contribution is 2.43. The molecule has 0 saturated carbocycles. The number of nitrogens with one attached hydrogen (secondary N) is 2. The maximum absolute atomic E-state index is 12.9. The highest BCUT2D eigenvalue weighted by molar-refractivity contribution is 7.99. The summed E-state index contributed by atoms with van der Waals surface area (Å²) in [6, 6.07) is 50.4. The predicted octanol–water partition coefficient (Wildman–Crippen LogP) is 9.52. The van der Waals surface area contributed by atoms with Crippen molar-refractivity contribution in [3.63, 3.8) is 0 Å². The maximum atomic E-state index is 12.9. The third-order valence-corrected chi connectivity index (χ3v) is 11.0. The summed E-state index contributed by atoms with van der Waals surface area (Å²) in [5.74, 6) is 2.02. The van der Waals surface area contributed by atoms with Gasteiger partial charge in [0, 0.05) is 29.5 Å². The molecule has 6 aromatic carbocycles. The van der Waals surface area contributed by atoms with Crippen LogP contribution < -0.4 is 15.4 Å². The first-order chi connectivity index (χ1) is 28.5. The standard InChI is InChI=1S/C46H42N6O5S/c1-31-42(30-58-46-49-50-51-52(46)38-11-4-2-5-12-38)56-44(57-43(31)34-18-16-32(29-53)17-19-34)35-22-20-33(21-23-35)41-15-9-8-10-36(41)28-47-45(54)48-37-24-26-40(27-25-37)55-39-13-6-3-7-14-39/h2-27,31,42-44,53H,28-30H2,1H3,(H2,47,48,54)/t31-,42+,43+,44+/m0/s1. The van der Waals surface area contributed by atoms with Crippen molar-refractivity contribution in [2.45, 2.75) is 43.7 Å². The summed E-state index contributed by atoms with van der Waals surface area (Å²) in [6.07, 6.45) is -1.10. The Morgan fingerprint density at radius 3 is 2.19 bits per heavy atom. The molecule has 0 bridgehead atoms. The summed E-state index contributed by atoms with van der Waals surface area (Å²) >= 11 is 1.54. The molecule has 1 aliphatic rings. The van der Waals surface area contributed by atoms with Gasteiger partial charge in [0.05, 0.1) is 24.5 Å². The van der Waals surface area contributed by atoms with Crippen molar-refractivity contribution in [1.29, 1.82) is 0 Å². The number of amides is 2. The summed E-state index contributed by atoms with van der Waals surface area (Å²) in [4.78, 5) is 12.9. The van der Waals surface area contributed by atoms with Gasteiger partial charge in [0.2, 0.25) is 5.16 Å². The summed E-state index contributed by atoms with van der Waals surface area (Å²) in [6.45, 7) is 2.44. The number of anilines is 1. The Kier molecular flexibility index (Phi) is 12.2. The number of para-hydroxylation sites is 2. The van der Waals surface area contributed by atoms with E-state index in [1.807, 2.05) is 133 Å². The molecule has 0 aliphatic carbocycles. The van der Waals surface area contributed by atoms with Gasteiger partial charge in [-0.2, -0.15) is 4.68 Å². The molecule has 0 radical (unpaired) electrons. The number of nitrogens with zero attached hydrogens (tertiary/aromatic N) is 4. The molecule has 11 nitrogen and oxygen atoms in total. The third-order valence-electron chi connectivity index (χ3n) is 9.98. The van der Waals surface area contributed by atoms with Crippen molar-refractivity contribution in [2.75, 3.05) is 11.1 Å². The van der Waals surface area contributed by atoms with Gasteiger partial charge < -0.3 is 30.0 Å². The Labute approximate surface area is 341 Å².